The number of nitrogens with zero attached hydrogens (tertiary/aromatic N) is 4. The molecule has 0 spiro atoms. The molecule has 0 fully saturated rings. The fourth-order valence-electron chi connectivity index (χ4n) is 2.03. The van der Waals surface area contributed by atoms with Crippen molar-refractivity contribution in [2.45, 2.75) is 6.92 Å². The van der Waals surface area contributed by atoms with E-state index in [0.29, 0.717) is 17.2 Å². The summed E-state index contributed by atoms with van der Waals surface area (Å²) in [5, 5.41) is 19.8. The highest BCUT2D eigenvalue weighted by molar-refractivity contribution is 5.90. The molecule has 0 unspecified atom stereocenters. The van der Waals surface area contributed by atoms with E-state index in [0.717, 1.165) is 23.2 Å². The SMILES string of the molecule is CCNc1nc(-c2cccc(C#N)c2)c2cn[nH]c2n1. The van der Waals surface area contributed by atoms with Crippen molar-refractivity contribution in [2.24, 2.45) is 0 Å². The molecular weight excluding hydrogens is 252 g/mol. The molecule has 6 nitrogen and oxygen atoms in total. The highest BCUT2D eigenvalue weighted by Gasteiger charge is 2.11. The summed E-state index contributed by atoms with van der Waals surface area (Å²) in [6.07, 6.45) is 1.69. The van der Waals surface area contributed by atoms with Crippen molar-refractivity contribution in [3.63, 3.8) is 0 Å². The molecular formula is C14H12N6. The van der Waals surface area contributed by atoms with E-state index in [1.54, 1.807) is 12.3 Å². The smallest absolute Gasteiger partial charge is 0.225 e. The maximum atomic E-state index is 9.01. The van der Waals surface area contributed by atoms with Crippen LogP contribution in [0.2, 0.25) is 0 Å². The topological polar surface area (TPSA) is 90.3 Å². The van der Waals surface area contributed by atoms with Gasteiger partial charge in [-0.3, -0.25) is 5.10 Å². The molecule has 3 rings (SSSR count). The Kier molecular flexibility index (Phi) is 3.01. The second kappa shape index (κ2) is 4.97. The second-order valence-corrected chi connectivity index (χ2v) is 4.25. The van der Waals surface area contributed by atoms with Crippen LogP contribution in [0.3, 0.4) is 0 Å². The van der Waals surface area contributed by atoms with Crippen LogP contribution >= 0.6 is 0 Å². The van der Waals surface area contributed by atoms with Crippen LogP contribution in [0.4, 0.5) is 5.95 Å². The first kappa shape index (κ1) is 12.1. The normalized spacial score (nSPS) is 10.4. The molecule has 0 radical (unpaired) electrons. The van der Waals surface area contributed by atoms with Gasteiger partial charge in [-0.1, -0.05) is 12.1 Å². The van der Waals surface area contributed by atoms with E-state index in [-0.39, 0.29) is 0 Å². The van der Waals surface area contributed by atoms with E-state index in [9.17, 15) is 0 Å². The third-order valence-electron chi connectivity index (χ3n) is 2.91. The summed E-state index contributed by atoms with van der Waals surface area (Å²) >= 11 is 0. The highest BCUT2D eigenvalue weighted by atomic mass is 15.2. The second-order valence-electron chi connectivity index (χ2n) is 4.25. The molecule has 2 N–H and O–H groups in total. The highest BCUT2D eigenvalue weighted by Crippen LogP contribution is 2.26. The van der Waals surface area contributed by atoms with E-state index >= 15 is 0 Å². The number of nitrogens with one attached hydrogen (secondary N) is 2. The minimum Gasteiger partial charge on any atom is -0.354 e. The largest absolute Gasteiger partial charge is 0.354 e. The summed E-state index contributed by atoms with van der Waals surface area (Å²) < 4.78 is 0. The Morgan fingerprint density at radius 2 is 2.25 bits per heavy atom. The van der Waals surface area contributed by atoms with Crippen LogP contribution in [-0.2, 0) is 0 Å². The van der Waals surface area contributed by atoms with Crippen molar-refractivity contribution in [2.75, 3.05) is 11.9 Å². The molecule has 0 saturated heterocycles. The van der Waals surface area contributed by atoms with E-state index in [1.807, 2.05) is 25.1 Å². The van der Waals surface area contributed by atoms with Gasteiger partial charge in [0.25, 0.3) is 0 Å². The number of aromatic nitrogens is 4. The van der Waals surface area contributed by atoms with Crippen molar-refractivity contribution in [1.29, 1.82) is 5.26 Å². The van der Waals surface area contributed by atoms with Gasteiger partial charge in [-0.05, 0) is 19.1 Å². The minimum atomic E-state index is 0.543. The van der Waals surface area contributed by atoms with Crippen molar-refractivity contribution in [3.05, 3.63) is 36.0 Å². The summed E-state index contributed by atoms with van der Waals surface area (Å²) in [5.41, 5.74) is 2.91. The third kappa shape index (κ3) is 2.06. The average molecular weight is 264 g/mol. The summed E-state index contributed by atoms with van der Waals surface area (Å²) in [7, 11) is 0. The first-order chi connectivity index (χ1) is 9.81. The van der Waals surface area contributed by atoms with Gasteiger partial charge in [0.15, 0.2) is 5.65 Å². The molecule has 98 valence electrons. The Morgan fingerprint density at radius 3 is 3.05 bits per heavy atom. The fraction of sp³-hybridized carbons (Fsp3) is 0.143. The Morgan fingerprint density at radius 1 is 1.35 bits per heavy atom. The van der Waals surface area contributed by atoms with Crippen LogP contribution in [0.5, 0.6) is 0 Å². The van der Waals surface area contributed by atoms with Gasteiger partial charge in [-0.2, -0.15) is 15.3 Å². The molecule has 1 aromatic carbocycles. The van der Waals surface area contributed by atoms with Crippen LogP contribution < -0.4 is 5.32 Å². The van der Waals surface area contributed by atoms with Gasteiger partial charge in [0.2, 0.25) is 5.95 Å². The maximum absolute atomic E-state index is 9.01. The molecule has 20 heavy (non-hydrogen) atoms. The molecule has 6 heteroatoms. The Balaban J connectivity index is 2.22. The summed E-state index contributed by atoms with van der Waals surface area (Å²) in [5.74, 6) is 0.543. The minimum absolute atomic E-state index is 0.543. The molecule has 2 heterocycles. The van der Waals surface area contributed by atoms with Crippen LogP contribution in [-0.4, -0.2) is 26.7 Å². The zero-order chi connectivity index (χ0) is 13.9. The average Bonchev–Trinajstić information content (AvgIpc) is 2.95. The molecule has 0 aliphatic rings. The van der Waals surface area contributed by atoms with Crippen LogP contribution in [0.15, 0.2) is 30.5 Å². The van der Waals surface area contributed by atoms with Gasteiger partial charge < -0.3 is 5.32 Å². The van der Waals surface area contributed by atoms with E-state index in [4.69, 9.17) is 5.26 Å². The molecule has 0 aliphatic heterocycles. The zero-order valence-corrected chi connectivity index (χ0v) is 10.9. The Labute approximate surface area is 115 Å². The molecule has 0 saturated carbocycles. The predicted molar refractivity (Wildman–Crippen MR) is 76.0 cm³/mol. The molecule has 0 bridgehead atoms. The van der Waals surface area contributed by atoms with Crippen molar-refractivity contribution < 1.29 is 0 Å². The molecule has 0 amide bonds. The maximum Gasteiger partial charge on any atom is 0.225 e. The van der Waals surface area contributed by atoms with Gasteiger partial charge in [-0.25, -0.2) is 4.98 Å². The molecule has 3 aromatic rings. The standard InChI is InChI=1S/C14H12N6/c1-2-16-14-18-12(11-8-17-20-13(11)19-14)10-5-3-4-9(6-10)7-15/h3-6,8H,2H2,1H3,(H2,16,17,18,19,20). The van der Waals surface area contributed by atoms with E-state index in [1.165, 1.54) is 0 Å². The number of hydrogen-bond donors (Lipinski definition) is 2. The predicted octanol–water partition coefficient (Wildman–Crippen LogP) is 2.32. The third-order valence-corrected chi connectivity index (χ3v) is 2.91. The summed E-state index contributed by atoms with van der Waals surface area (Å²) in [6.45, 7) is 2.72. The van der Waals surface area contributed by atoms with Gasteiger partial charge in [-0.15, -0.1) is 0 Å². The zero-order valence-electron chi connectivity index (χ0n) is 10.9. The fourth-order valence-corrected chi connectivity index (χ4v) is 2.03. The Bertz CT molecular complexity index is 799. The van der Waals surface area contributed by atoms with Gasteiger partial charge in [0.1, 0.15) is 0 Å². The number of rotatable bonds is 3. The van der Waals surface area contributed by atoms with Gasteiger partial charge in [0, 0.05) is 12.1 Å². The lowest BCUT2D eigenvalue weighted by molar-refractivity contribution is 1.07. The van der Waals surface area contributed by atoms with E-state index in [2.05, 4.69) is 31.6 Å². The number of aromatic amines is 1. The number of fused-ring (bicyclic) bond motifs is 1. The number of H-pyrrole nitrogens is 1. The summed E-state index contributed by atoms with van der Waals surface area (Å²) in [4.78, 5) is 8.87. The first-order valence-corrected chi connectivity index (χ1v) is 6.27. The molecule has 0 atom stereocenters. The van der Waals surface area contributed by atoms with Crippen molar-refractivity contribution >= 4 is 17.0 Å². The lowest BCUT2D eigenvalue weighted by Crippen LogP contribution is -2.03. The first-order valence-electron chi connectivity index (χ1n) is 6.27. The van der Waals surface area contributed by atoms with Crippen molar-refractivity contribution in [3.8, 4) is 17.3 Å². The number of benzene rings is 1. The lowest BCUT2D eigenvalue weighted by atomic mass is 10.1. The van der Waals surface area contributed by atoms with Gasteiger partial charge >= 0.3 is 0 Å². The lowest BCUT2D eigenvalue weighted by Gasteiger charge is -2.06. The van der Waals surface area contributed by atoms with Crippen LogP contribution in [0, 0.1) is 11.3 Å². The monoisotopic (exact) mass is 264 g/mol. The van der Waals surface area contributed by atoms with Gasteiger partial charge in [0.05, 0.1) is 28.9 Å². The molecule has 0 aliphatic carbocycles. The quantitative estimate of drug-likeness (QED) is 0.757. The Hall–Kier alpha value is -2.94. The molecule has 2 aromatic heterocycles. The number of nitriles is 1. The number of anilines is 1. The van der Waals surface area contributed by atoms with Crippen LogP contribution in [0.25, 0.3) is 22.3 Å². The summed E-state index contributed by atoms with van der Waals surface area (Å²) in [6, 6.07) is 9.48. The van der Waals surface area contributed by atoms with Crippen molar-refractivity contribution in [1.82, 2.24) is 20.2 Å². The van der Waals surface area contributed by atoms with Crippen LogP contribution in [0.1, 0.15) is 12.5 Å². The number of hydrogen-bond acceptors (Lipinski definition) is 5. The van der Waals surface area contributed by atoms with E-state index < -0.39 is 0 Å².